The average molecular weight is 402 g/mol. The van der Waals surface area contributed by atoms with Crippen LogP contribution in [0.5, 0.6) is 11.6 Å². The summed E-state index contributed by atoms with van der Waals surface area (Å²) >= 11 is 6.16. The Kier molecular flexibility index (Phi) is 5.45. The number of morpholine rings is 1. The maximum Gasteiger partial charge on any atom is 0.263 e. The number of nitrogens with zero attached hydrogens (tertiary/aromatic N) is 3. The number of pyridine rings is 1. The number of aromatic nitrogens is 1. The molecule has 0 atom stereocenters. The van der Waals surface area contributed by atoms with E-state index in [4.69, 9.17) is 21.1 Å². The third-order valence-corrected chi connectivity index (χ3v) is 5.04. The molecule has 2 aliphatic rings. The van der Waals surface area contributed by atoms with Gasteiger partial charge in [-0.25, -0.2) is 4.98 Å². The molecule has 1 saturated heterocycles. The predicted octanol–water partition coefficient (Wildman–Crippen LogP) is 3.13. The molecule has 2 aliphatic heterocycles. The van der Waals surface area contributed by atoms with Gasteiger partial charge >= 0.3 is 0 Å². The summed E-state index contributed by atoms with van der Waals surface area (Å²) in [5.41, 5.74) is 0.962. The van der Waals surface area contributed by atoms with Crippen LogP contribution in [-0.2, 0) is 9.53 Å². The highest BCUT2D eigenvalue weighted by molar-refractivity contribution is 6.31. The van der Waals surface area contributed by atoms with E-state index in [2.05, 4.69) is 4.98 Å². The van der Waals surface area contributed by atoms with E-state index < -0.39 is 0 Å². The Bertz CT molecular complexity index is 899. The Balaban J connectivity index is 1.54. The molecular weight excluding hydrogens is 382 g/mol. The maximum absolute atomic E-state index is 13.1. The Morgan fingerprint density at radius 2 is 2.04 bits per heavy atom. The first-order valence-electron chi connectivity index (χ1n) is 9.23. The summed E-state index contributed by atoms with van der Waals surface area (Å²) in [6.07, 6.45) is 2.47. The second kappa shape index (κ2) is 8.16. The molecule has 0 radical (unpaired) electrons. The van der Waals surface area contributed by atoms with Gasteiger partial charge in [0.1, 0.15) is 5.56 Å². The second-order valence-electron chi connectivity index (χ2n) is 6.62. The van der Waals surface area contributed by atoms with Crippen LogP contribution < -0.4 is 9.64 Å². The molecule has 0 saturated carbocycles. The number of carbonyl (C=O) groups is 2. The molecule has 28 heavy (non-hydrogen) atoms. The molecule has 0 bridgehead atoms. The summed E-state index contributed by atoms with van der Waals surface area (Å²) in [5, 5.41) is 0.503. The molecule has 4 rings (SSSR count). The third kappa shape index (κ3) is 3.81. The van der Waals surface area contributed by atoms with Crippen LogP contribution in [0.25, 0.3) is 0 Å². The Morgan fingerprint density at radius 3 is 2.86 bits per heavy atom. The number of fused-ring (bicyclic) bond motifs is 2. The van der Waals surface area contributed by atoms with Crippen molar-refractivity contribution in [2.45, 2.75) is 12.8 Å². The SMILES string of the molecule is O=C(CCCN1C(=O)c2cccnc2Oc2ccc(Cl)cc21)N1CCOCC1. The van der Waals surface area contributed by atoms with Gasteiger partial charge in [0, 0.05) is 37.3 Å². The van der Waals surface area contributed by atoms with Gasteiger partial charge in [0.2, 0.25) is 11.8 Å². The van der Waals surface area contributed by atoms with Crippen LogP contribution >= 0.6 is 11.6 Å². The van der Waals surface area contributed by atoms with Gasteiger partial charge in [0.15, 0.2) is 5.75 Å². The zero-order chi connectivity index (χ0) is 19.5. The molecule has 146 valence electrons. The highest BCUT2D eigenvalue weighted by Gasteiger charge is 2.29. The Labute approximate surface area is 167 Å². The van der Waals surface area contributed by atoms with E-state index in [9.17, 15) is 9.59 Å². The molecule has 0 N–H and O–H groups in total. The summed E-state index contributed by atoms with van der Waals surface area (Å²) in [5.74, 6) is 0.635. The van der Waals surface area contributed by atoms with Crippen LogP contribution in [0.3, 0.4) is 0 Å². The number of anilines is 1. The van der Waals surface area contributed by atoms with Crippen LogP contribution in [0, 0.1) is 0 Å². The molecule has 0 spiro atoms. The second-order valence-corrected chi connectivity index (χ2v) is 7.06. The van der Waals surface area contributed by atoms with E-state index in [1.807, 2.05) is 0 Å². The van der Waals surface area contributed by atoms with E-state index in [-0.39, 0.29) is 17.7 Å². The number of carbonyl (C=O) groups excluding carboxylic acids is 2. The van der Waals surface area contributed by atoms with E-state index >= 15 is 0 Å². The lowest BCUT2D eigenvalue weighted by Crippen LogP contribution is -2.41. The fraction of sp³-hybridized carbons (Fsp3) is 0.350. The average Bonchev–Trinajstić information content (AvgIpc) is 2.83. The summed E-state index contributed by atoms with van der Waals surface area (Å²) in [4.78, 5) is 33.1. The highest BCUT2D eigenvalue weighted by Crippen LogP contribution is 2.39. The van der Waals surface area contributed by atoms with Gasteiger partial charge in [-0.05, 0) is 36.8 Å². The molecule has 1 fully saturated rings. The van der Waals surface area contributed by atoms with Gasteiger partial charge in [-0.1, -0.05) is 11.6 Å². The molecule has 1 aromatic carbocycles. The minimum atomic E-state index is -0.220. The largest absolute Gasteiger partial charge is 0.436 e. The summed E-state index contributed by atoms with van der Waals surface area (Å²) in [6.45, 7) is 2.76. The standard InChI is InChI=1S/C20H20ClN3O4/c21-14-5-6-17-16(13-14)24(20(26)15-3-1-7-22-19(15)28-17)8-2-4-18(25)23-9-11-27-12-10-23/h1,3,5-7,13H,2,4,8-12H2. The minimum absolute atomic E-state index is 0.0789. The molecule has 7 nitrogen and oxygen atoms in total. The van der Waals surface area contributed by atoms with Crippen molar-refractivity contribution in [1.82, 2.24) is 9.88 Å². The highest BCUT2D eigenvalue weighted by atomic mass is 35.5. The lowest BCUT2D eigenvalue weighted by Gasteiger charge is -2.27. The number of rotatable bonds is 4. The summed E-state index contributed by atoms with van der Waals surface area (Å²) in [6, 6.07) is 8.51. The van der Waals surface area contributed by atoms with E-state index in [1.165, 1.54) is 0 Å². The number of hydrogen-bond acceptors (Lipinski definition) is 5. The van der Waals surface area contributed by atoms with Crippen molar-refractivity contribution in [2.75, 3.05) is 37.7 Å². The van der Waals surface area contributed by atoms with Crippen LogP contribution in [0.2, 0.25) is 5.02 Å². The fourth-order valence-electron chi connectivity index (χ4n) is 3.36. The number of halogens is 1. The van der Waals surface area contributed by atoms with Crippen molar-refractivity contribution in [3.63, 3.8) is 0 Å². The van der Waals surface area contributed by atoms with Crippen molar-refractivity contribution in [2.24, 2.45) is 0 Å². The van der Waals surface area contributed by atoms with Gasteiger partial charge in [0.05, 0.1) is 18.9 Å². The Hall–Kier alpha value is -2.64. The first-order chi connectivity index (χ1) is 13.6. The smallest absolute Gasteiger partial charge is 0.263 e. The summed E-state index contributed by atoms with van der Waals surface area (Å²) < 4.78 is 11.1. The zero-order valence-corrected chi connectivity index (χ0v) is 16.0. The molecule has 1 aromatic heterocycles. The van der Waals surface area contributed by atoms with E-state index in [1.54, 1.807) is 46.3 Å². The minimum Gasteiger partial charge on any atom is -0.436 e. The number of amides is 2. The maximum atomic E-state index is 13.1. The number of hydrogen-bond donors (Lipinski definition) is 0. The van der Waals surface area contributed by atoms with Crippen LogP contribution in [-0.4, -0.2) is 54.5 Å². The van der Waals surface area contributed by atoms with Gasteiger partial charge < -0.3 is 19.3 Å². The lowest BCUT2D eigenvalue weighted by atomic mass is 10.2. The summed E-state index contributed by atoms with van der Waals surface area (Å²) in [7, 11) is 0. The van der Waals surface area contributed by atoms with Crippen molar-refractivity contribution >= 4 is 29.1 Å². The molecule has 3 heterocycles. The van der Waals surface area contributed by atoms with Crippen molar-refractivity contribution in [3.05, 3.63) is 47.1 Å². The Morgan fingerprint density at radius 1 is 1.21 bits per heavy atom. The monoisotopic (exact) mass is 401 g/mol. The zero-order valence-electron chi connectivity index (χ0n) is 15.3. The molecule has 2 aromatic rings. The van der Waals surface area contributed by atoms with Gasteiger partial charge in [-0.3, -0.25) is 9.59 Å². The quantitative estimate of drug-likeness (QED) is 0.787. The molecule has 0 unspecified atom stereocenters. The van der Waals surface area contributed by atoms with E-state index in [0.29, 0.717) is 67.7 Å². The predicted molar refractivity (Wildman–Crippen MR) is 104 cm³/mol. The first-order valence-corrected chi connectivity index (χ1v) is 9.61. The van der Waals surface area contributed by atoms with Crippen molar-refractivity contribution < 1.29 is 19.1 Å². The number of ether oxygens (including phenoxy) is 2. The van der Waals surface area contributed by atoms with E-state index in [0.717, 1.165) is 0 Å². The van der Waals surface area contributed by atoms with Crippen molar-refractivity contribution in [1.29, 1.82) is 0 Å². The first kappa shape index (κ1) is 18.7. The lowest BCUT2D eigenvalue weighted by molar-refractivity contribution is -0.135. The van der Waals surface area contributed by atoms with Gasteiger partial charge in [0.25, 0.3) is 5.91 Å². The van der Waals surface area contributed by atoms with Crippen molar-refractivity contribution in [3.8, 4) is 11.6 Å². The fourth-order valence-corrected chi connectivity index (χ4v) is 3.53. The number of benzene rings is 1. The van der Waals surface area contributed by atoms with Crippen LogP contribution in [0.1, 0.15) is 23.2 Å². The van der Waals surface area contributed by atoms with Crippen LogP contribution in [0.15, 0.2) is 36.5 Å². The molecule has 8 heteroatoms. The normalized spacial score (nSPS) is 16.1. The van der Waals surface area contributed by atoms with Gasteiger partial charge in [-0.2, -0.15) is 0 Å². The van der Waals surface area contributed by atoms with Crippen LogP contribution in [0.4, 0.5) is 5.69 Å². The molecular formula is C20H20ClN3O4. The molecule has 0 aliphatic carbocycles. The molecule has 2 amide bonds. The van der Waals surface area contributed by atoms with Gasteiger partial charge in [-0.15, -0.1) is 0 Å². The third-order valence-electron chi connectivity index (χ3n) is 4.80. The topological polar surface area (TPSA) is 72.0 Å².